The third kappa shape index (κ3) is 4.34. The number of anilines is 1. The van der Waals surface area contributed by atoms with Crippen molar-refractivity contribution in [3.63, 3.8) is 0 Å². The molecule has 0 saturated heterocycles. The summed E-state index contributed by atoms with van der Waals surface area (Å²) in [7, 11) is 2.05. The van der Waals surface area contributed by atoms with E-state index in [0.717, 1.165) is 40.0 Å². The average molecular weight is 437 g/mol. The fourth-order valence-corrected chi connectivity index (χ4v) is 4.59. The lowest BCUT2D eigenvalue weighted by molar-refractivity contribution is -0.115. The number of hydrogen-bond acceptors (Lipinski definition) is 5. The summed E-state index contributed by atoms with van der Waals surface area (Å²) in [5.41, 5.74) is 2.47. The van der Waals surface area contributed by atoms with Crippen molar-refractivity contribution < 1.29 is 14.3 Å². The number of benzene rings is 1. The highest BCUT2D eigenvalue weighted by Crippen LogP contribution is 2.37. The van der Waals surface area contributed by atoms with Crippen LogP contribution in [-0.4, -0.2) is 37.0 Å². The highest BCUT2D eigenvalue weighted by Gasteiger charge is 2.28. The van der Waals surface area contributed by atoms with Crippen LogP contribution in [0.2, 0.25) is 0 Å². The molecule has 0 bridgehead atoms. The van der Waals surface area contributed by atoms with Crippen molar-refractivity contribution in [3.05, 3.63) is 50.3 Å². The lowest BCUT2D eigenvalue weighted by Crippen LogP contribution is -2.26. The largest absolute Gasteiger partial charge is 0.462 e. The summed E-state index contributed by atoms with van der Waals surface area (Å²) in [6, 6.07) is 7.63. The minimum absolute atomic E-state index is 0.134. The molecule has 0 atom stereocenters. The Kier molecular flexibility index (Phi) is 6.11. The molecule has 0 saturated carbocycles. The Hall–Kier alpha value is -1.70. The van der Waals surface area contributed by atoms with Gasteiger partial charge in [-0.15, -0.1) is 11.3 Å². The van der Waals surface area contributed by atoms with E-state index in [1.807, 2.05) is 24.3 Å². The molecule has 138 valence electrons. The first kappa shape index (κ1) is 19.1. The zero-order valence-corrected chi connectivity index (χ0v) is 17.2. The summed E-state index contributed by atoms with van der Waals surface area (Å²) < 4.78 is 6.20. The lowest BCUT2D eigenvalue weighted by Gasteiger charge is -2.22. The molecule has 26 heavy (non-hydrogen) atoms. The van der Waals surface area contributed by atoms with Gasteiger partial charge in [0.2, 0.25) is 5.91 Å². The number of amides is 1. The van der Waals surface area contributed by atoms with Gasteiger partial charge in [-0.1, -0.05) is 28.1 Å². The maximum absolute atomic E-state index is 12.5. The summed E-state index contributed by atoms with van der Waals surface area (Å²) >= 11 is 4.87. The van der Waals surface area contributed by atoms with Crippen LogP contribution in [0.4, 0.5) is 5.00 Å². The van der Waals surface area contributed by atoms with Gasteiger partial charge >= 0.3 is 5.97 Å². The molecule has 1 aliphatic heterocycles. The number of rotatable bonds is 5. The van der Waals surface area contributed by atoms with E-state index in [4.69, 9.17) is 4.74 Å². The highest BCUT2D eigenvalue weighted by atomic mass is 79.9. The van der Waals surface area contributed by atoms with Gasteiger partial charge < -0.3 is 15.0 Å². The fraction of sp³-hybridized carbons (Fsp3) is 0.368. The number of hydrogen-bond donors (Lipinski definition) is 1. The van der Waals surface area contributed by atoms with Gasteiger partial charge in [-0.05, 0) is 43.7 Å². The third-order valence-corrected chi connectivity index (χ3v) is 5.92. The van der Waals surface area contributed by atoms with E-state index in [-0.39, 0.29) is 18.3 Å². The first-order chi connectivity index (χ1) is 12.5. The van der Waals surface area contributed by atoms with Crippen molar-refractivity contribution in [1.29, 1.82) is 0 Å². The molecule has 0 unspecified atom stereocenters. The zero-order chi connectivity index (χ0) is 18.7. The van der Waals surface area contributed by atoms with Crippen molar-refractivity contribution in [1.82, 2.24) is 4.90 Å². The van der Waals surface area contributed by atoms with Crippen LogP contribution in [-0.2, 0) is 28.9 Å². The molecule has 2 aromatic rings. The number of ether oxygens (including phenoxy) is 1. The van der Waals surface area contributed by atoms with Gasteiger partial charge in [-0.25, -0.2) is 4.79 Å². The number of carbonyl (C=O) groups is 2. The summed E-state index contributed by atoms with van der Waals surface area (Å²) in [5, 5.41) is 3.54. The number of esters is 1. The predicted octanol–water partition coefficient (Wildman–Crippen LogP) is 3.86. The third-order valence-electron chi connectivity index (χ3n) is 4.26. The predicted molar refractivity (Wildman–Crippen MR) is 107 cm³/mol. The minimum atomic E-state index is -0.353. The summed E-state index contributed by atoms with van der Waals surface area (Å²) in [6.07, 6.45) is 1.05. The molecule has 0 aliphatic carbocycles. The van der Waals surface area contributed by atoms with Gasteiger partial charge in [0.1, 0.15) is 5.00 Å². The van der Waals surface area contributed by atoms with Gasteiger partial charge in [0.05, 0.1) is 18.6 Å². The molecular formula is C19H21BrN2O3S. The molecule has 2 heterocycles. The van der Waals surface area contributed by atoms with Crippen molar-refractivity contribution >= 4 is 44.1 Å². The Morgan fingerprint density at radius 3 is 2.73 bits per heavy atom. The summed E-state index contributed by atoms with van der Waals surface area (Å²) in [5.74, 6) is -0.488. The Morgan fingerprint density at radius 1 is 1.31 bits per heavy atom. The van der Waals surface area contributed by atoms with Crippen molar-refractivity contribution in [2.75, 3.05) is 25.5 Å². The van der Waals surface area contributed by atoms with Gasteiger partial charge in [0.25, 0.3) is 0 Å². The normalized spacial score (nSPS) is 14.0. The number of likely N-dealkylation sites (N-methyl/N-ethyl adjacent to an activating group) is 1. The fourth-order valence-electron chi connectivity index (χ4n) is 3.00. The molecular weight excluding hydrogens is 416 g/mol. The van der Waals surface area contributed by atoms with Crippen LogP contribution in [0.1, 0.15) is 33.3 Å². The Balaban J connectivity index is 1.82. The average Bonchev–Trinajstić information content (AvgIpc) is 2.93. The van der Waals surface area contributed by atoms with E-state index in [2.05, 4.69) is 33.2 Å². The van der Waals surface area contributed by atoms with E-state index in [9.17, 15) is 9.59 Å². The molecule has 3 rings (SSSR count). The Bertz CT molecular complexity index is 817. The molecule has 1 aromatic carbocycles. The van der Waals surface area contributed by atoms with Crippen molar-refractivity contribution in [2.45, 2.75) is 26.3 Å². The van der Waals surface area contributed by atoms with Crippen LogP contribution in [0.5, 0.6) is 0 Å². The number of carbonyl (C=O) groups excluding carboxylic acids is 2. The summed E-state index contributed by atoms with van der Waals surface area (Å²) in [4.78, 5) is 28.3. The van der Waals surface area contributed by atoms with Gasteiger partial charge in [-0.2, -0.15) is 0 Å². The second-order valence-corrected chi connectivity index (χ2v) is 8.29. The first-order valence-corrected chi connectivity index (χ1v) is 10.1. The van der Waals surface area contributed by atoms with Gasteiger partial charge in [0.15, 0.2) is 0 Å². The topological polar surface area (TPSA) is 58.6 Å². The maximum Gasteiger partial charge on any atom is 0.341 e. The first-order valence-electron chi connectivity index (χ1n) is 8.52. The van der Waals surface area contributed by atoms with E-state index in [0.29, 0.717) is 17.2 Å². The van der Waals surface area contributed by atoms with Crippen LogP contribution in [0.25, 0.3) is 0 Å². The molecule has 1 aromatic heterocycles. The number of nitrogens with one attached hydrogen (secondary N) is 1. The molecule has 1 N–H and O–H groups in total. The SMILES string of the molecule is CCOC(=O)c1c(NC(=O)Cc2ccc(Br)cc2)sc2c1CCN(C)C2. The second-order valence-electron chi connectivity index (χ2n) is 6.27. The van der Waals surface area contributed by atoms with E-state index in [1.54, 1.807) is 6.92 Å². The van der Waals surface area contributed by atoms with Crippen molar-refractivity contribution in [2.24, 2.45) is 0 Å². The van der Waals surface area contributed by atoms with E-state index >= 15 is 0 Å². The van der Waals surface area contributed by atoms with Crippen LogP contribution in [0, 0.1) is 0 Å². The zero-order valence-electron chi connectivity index (χ0n) is 14.8. The smallest absolute Gasteiger partial charge is 0.341 e. The Labute approximate surface area is 165 Å². The van der Waals surface area contributed by atoms with Crippen LogP contribution < -0.4 is 5.32 Å². The standard InChI is InChI=1S/C19H21BrN2O3S/c1-3-25-19(24)17-14-8-9-22(2)11-15(14)26-18(17)21-16(23)10-12-4-6-13(20)7-5-12/h4-7H,3,8-11H2,1-2H3,(H,21,23). The van der Waals surface area contributed by atoms with Crippen LogP contribution in [0.15, 0.2) is 28.7 Å². The number of thiophene rings is 1. The Morgan fingerprint density at radius 2 is 2.04 bits per heavy atom. The number of halogens is 1. The van der Waals surface area contributed by atoms with Crippen molar-refractivity contribution in [3.8, 4) is 0 Å². The maximum atomic E-state index is 12.5. The minimum Gasteiger partial charge on any atom is -0.462 e. The number of fused-ring (bicyclic) bond motifs is 1. The second kappa shape index (κ2) is 8.33. The molecule has 0 fully saturated rings. The molecule has 1 amide bonds. The number of nitrogens with zero attached hydrogens (tertiary/aromatic N) is 1. The molecule has 0 spiro atoms. The van der Waals surface area contributed by atoms with E-state index in [1.165, 1.54) is 11.3 Å². The summed E-state index contributed by atoms with van der Waals surface area (Å²) in [6.45, 7) is 3.78. The van der Waals surface area contributed by atoms with Gasteiger partial charge in [0, 0.05) is 22.4 Å². The molecule has 5 nitrogen and oxygen atoms in total. The highest BCUT2D eigenvalue weighted by molar-refractivity contribution is 9.10. The molecule has 0 radical (unpaired) electrons. The molecule has 1 aliphatic rings. The van der Waals surface area contributed by atoms with Gasteiger partial charge in [-0.3, -0.25) is 4.79 Å². The van der Waals surface area contributed by atoms with E-state index < -0.39 is 0 Å². The van der Waals surface area contributed by atoms with Crippen LogP contribution >= 0.6 is 27.3 Å². The monoisotopic (exact) mass is 436 g/mol. The van der Waals surface area contributed by atoms with Crippen LogP contribution in [0.3, 0.4) is 0 Å². The lowest BCUT2D eigenvalue weighted by atomic mass is 10.0. The quantitative estimate of drug-likeness (QED) is 0.722. The molecule has 7 heteroatoms.